The maximum Gasteiger partial charge on any atom is 0.337 e. The molecule has 21 heavy (non-hydrogen) atoms. The van der Waals surface area contributed by atoms with E-state index >= 15 is 0 Å². The first kappa shape index (κ1) is 15.1. The van der Waals surface area contributed by atoms with Gasteiger partial charge in [-0.15, -0.1) is 0 Å². The molecule has 2 N–H and O–H groups in total. The lowest BCUT2D eigenvalue weighted by Crippen LogP contribution is -2.16. The minimum Gasteiger partial charge on any atom is -0.478 e. The molecular weight excluding hydrogens is 294 g/mol. The molecule has 0 saturated heterocycles. The highest BCUT2D eigenvalue weighted by Gasteiger charge is 2.21. The molecule has 1 amide bonds. The van der Waals surface area contributed by atoms with E-state index in [2.05, 4.69) is 5.32 Å². The number of benzene rings is 1. The molecule has 0 radical (unpaired) electrons. The standard InChI is InChI=1S/C15H14ClNO4/c1-7-8(2)21-9(3)12(7)14(18)17-13-10(15(19)20)5-4-6-11(13)16/h4-6H,1-3H3,(H,17,18)(H,19,20). The van der Waals surface area contributed by atoms with Gasteiger partial charge in [0.1, 0.15) is 11.5 Å². The average Bonchev–Trinajstić information content (AvgIpc) is 2.65. The van der Waals surface area contributed by atoms with Gasteiger partial charge in [-0.1, -0.05) is 17.7 Å². The number of hydrogen-bond donors (Lipinski definition) is 2. The monoisotopic (exact) mass is 307 g/mol. The maximum absolute atomic E-state index is 12.4. The summed E-state index contributed by atoms with van der Waals surface area (Å²) in [5, 5.41) is 11.9. The average molecular weight is 308 g/mol. The number of nitrogens with one attached hydrogen (secondary N) is 1. The van der Waals surface area contributed by atoms with Crippen LogP contribution in [-0.4, -0.2) is 17.0 Å². The Morgan fingerprint density at radius 1 is 1.19 bits per heavy atom. The second-order valence-corrected chi connectivity index (χ2v) is 5.04. The van der Waals surface area contributed by atoms with E-state index < -0.39 is 11.9 Å². The fourth-order valence-corrected chi connectivity index (χ4v) is 2.35. The molecule has 2 rings (SSSR count). The van der Waals surface area contributed by atoms with Crippen molar-refractivity contribution in [3.05, 3.63) is 51.4 Å². The van der Waals surface area contributed by atoms with Crippen molar-refractivity contribution < 1.29 is 19.1 Å². The molecule has 0 aliphatic carbocycles. The van der Waals surface area contributed by atoms with E-state index in [4.69, 9.17) is 21.1 Å². The molecule has 0 aliphatic heterocycles. The summed E-state index contributed by atoms with van der Waals surface area (Å²) in [5.74, 6) is -0.483. The zero-order valence-corrected chi connectivity index (χ0v) is 12.5. The highest BCUT2D eigenvalue weighted by atomic mass is 35.5. The van der Waals surface area contributed by atoms with Gasteiger partial charge in [0, 0.05) is 5.56 Å². The molecule has 1 aromatic carbocycles. The van der Waals surface area contributed by atoms with Gasteiger partial charge in [0.2, 0.25) is 0 Å². The van der Waals surface area contributed by atoms with E-state index in [0.717, 1.165) is 0 Å². The van der Waals surface area contributed by atoms with Gasteiger partial charge in [0.25, 0.3) is 5.91 Å². The van der Waals surface area contributed by atoms with Crippen LogP contribution in [0.15, 0.2) is 22.6 Å². The maximum atomic E-state index is 12.4. The number of carbonyl (C=O) groups is 2. The number of carboxylic acid groups (broad SMARTS) is 1. The number of halogens is 1. The number of para-hydroxylation sites is 1. The Bertz CT molecular complexity index is 734. The van der Waals surface area contributed by atoms with Crippen molar-refractivity contribution in [2.75, 3.05) is 5.32 Å². The van der Waals surface area contributed by atoms with Crippen LogP contribution in [0, 0.1) is 20.8 Å². The van der Waals surface area contributed by atoms with E-state index in [-0.39, 0.29) is 16.3 Å². The normalized spacial score (nSPS) is 10.5. The van der Waals surface area contributed by atoms with Gasteiger partial charge in [-0.2, -0.15) is 0 Å². The number of carboxylic acids is 1. The fourth-order valence-electron chi connectivity index (χ4n) is 2.13. The highest BCUT2D eigenvalue weighted by Crippen LogP contribution is 2.28. The first-order valence-corrected chi connectivity index (χ1v) is 6.60. The Hall–Kier alpha value is -2.27. The summed E-state index contributed by atoms with van der Waals surface area (Å²) in [6, 6.07) is 4.41. The van der Waals surface area contributed by atoms with Crippen LogP contribution in [0.2, 0.25) is 5.02 Å². The molecule has 0 bridgehead atoms. The van der Waals surface area contributed by atoms with E-state index in [9.17, 15) is 9.59 Å². The van der Waals surface area contributed by atoms with Crippen molar-refractivity contribution >= 4 is 29.2 Å². The Labute approximate surface area is 126 Å². The van der Waals surface area contributed by atoms with Crippen molar-refractivity contribution in [2.45, 2.75) is 20.8 Å². The SMILES string of the molecule is Cc1oc(C)c(C(=O)Nc2c(Cl)cccc2C(=O)O)c1C. The summed E-state index contributed by atoms with van der Waals surface area (Å²) >= 11 is 5.99. The zero-order valence-electron chi connectivity index (χ0n) is 11.8. The number of furan rings is 1. The van der Waals surface area contributed by atoms with Crippen molar-refractivity contribution in [1.29, 1.82) is 0 Å². The lowest BCUT2D eigenvalue weighted by Gasteiger charge is -2.10. The second kappa shape index (κ2) is 5.61. The summed E-state index contributed by atoms with van der Waals surface area (Å²) in [6.07, 6.45) is 0. The summed E-state index contributed by atoms with van der Waals surface area (Å²) in [4.78, 5) is 23.6. The van der Waals surface area contributed by atoms with Gasteiger partial charge in [-0.25, -0.2) is 4.79 Å². The summed E-state index contributed by atoms with van der Waals surface area (Å²) in [7, 11) is 0. The van der Waals surface area contributed by atoms with E-state index in [1.807, 2.05) is 0 Å². The van der Waals surface area contributed by atoms with Gasteiger partial charge in [-0.05, 0) is 32.9 Å². The first-order chi connectivity index (χ1) is 9.82. The molecule has 0 unspecified atom stereocenters. The molecule has 1 heterocycles. The van der Waals surface area contributed by atoms with E-state index in [0.29, 0.717) is 22.6 Å². The van der Waals surface area contributed by atoms with Crippen LogP contribution >= 0.6 is 11.6 Å². The largest absolute Gasteiger partial charge is 0.478 e. The Morgan fingerprint density at radius 3 is 2.38 bits per heavy atom. The van der Waals surface area contributed by atoms with Crippen molar-refractivity contribution in [1.82, 2.24) is 0 Å². The molecule has 1 aromatic heterocycles. The molecule has 110 valence electrons. The Balaban J connectivity index is 2.43. The lowest BCUT2D eigenvalue weighted by molar-refractivity contribution is 0.0698. The molecule has 0 atom stereocenters. The highest BCUT2D eigenvalue weighted by molar-refractivity contribution is 6.35. The summed E-state index contributed by atoms with van der Waals surface area (Å²) in [6.45, 7) is 5.21. The molecule has 0 aliphatic rings. The predicted molar refractivity (Wildman–Crippen MR) is 79.3 cm³/mol. The van der Waals surface area contributed by atoms with Crippen LogP contribution in [-0.2, 0) is 0 Å². The minimum absolute atomic E-state index is 0.0635. The Morgan fingerprint density at radius 2 is 1.86 bits per heavy atom. The number of amides is 1. The van der Waals surface area contributed by atoms with Gasteiger partial charge in [-0.3, -0.25) is 4.79 Å². The number of carbonyl (C=O) groups excluding carboxylic acids is 1. The predicted octanol–water partition coefficient (Wildman–Crippen LogP) is 3.81. The Kier molecular flexibility index (Phi) is 4.04. The van der Waals surface area contributed by atoms with Crippen molar-refractivity contribution in [3.63, 3.8) is 0 Å². The molecule has 5 nitrogen and oxygen atoms in total. The fraction of sp³-hybridized carbons (Fsp3) is 0.200. The third-order valence-corrected chi connectivity index (χ3v) is 3.59. The van der Waals surface area contributed by atoms with Crippen molar-refractivity contribution in [2.24, 2.45) is 0 Å². The van der Waals surface area contributed by atoms with Gasteiger partial charge < -0.3 is 14.8 Å². The minimum atomic E-state index is -1.16. The number of hydrogen-bond acceptors (Lipinski definition) is 3. The van der Waals surface area contributed by atoms with Gasteiger partial charge in [0.15, 0.2) is 0 Å². The quantitative estimate of drug-likeness (QED) is 0.903. The van der Waals surface area contributed by atoms with Crippen LogP contribution in [0.5, 0.6) is 0 Å². The lowest BCUT2D eigenvalue weighted by atomic mass is 10.1. The first-order valence-electron chi connectivity index (χ1n) is 6.22. The molecule has 0 saturated carbocycles. The van der Waals surface area contributed by atoms with Gasteiger partial charge in [0.05, 0.1) is 21.8 Å². The van der Waals surface area contributed by atoms with Crippen molar-refractivity contribution in [3.8, 4) is 0 Å². The van der Waals surface area contributed by atoms with Gasteiger partial charge >= 0.3 is 5.97 Å². The van der Waals surface area contributed by atoms with Crippen LogP contribution in [0.4, 0.5) is 5.69 Å². The van der Waals surface area contributed by atoms with Crippen LogP contribution < -0.4 is 5.32 Å². The molecule has 6 heteroatoms. The number of rotatable bonds is 3. The summed E-state index contributed by atoms with van der Waals surface area (Å²) in [5.41, 5.74) is 1.12. The zero-order chi connectivity index (χ0) is 15.7. The number of aromatic carboxylic acids is 1. The van der Waals surface area contributed by atoms with Crippen LogP contribution in [0.3, 0.4) is 0 Å². The summed E-state index contributed by atoms with van der Waals surface area (Å²) < 4.78 is 5.40. The number of anilines is 1. The third kappa shape index (κ3) is 2.78. The molecule has 0 fully saturated rings. The third-order valence-electron chi connectivity index (χ3n) is 3.27. The van der Waals surface area contributed by atoms with Crippen LogP contribution in [0.1, 0.15) is 37.8 Å². The smallest absolute Gasteiger partial charge is 0.337 e. The van der Waals surface area contributed by atoms with E-state index in [1.54, 1.807) is 20.8 Å². The number of aryl methyl sites for hydroxylation is 2. The van der Waals surface area contributed by atoms with Crippen LogP contribution in [0.25, 0.3) is 0 Å². The molecule has 2 aromatic rings. The molecule has 0 spiro atoms. The second-order valence-electron chi connectivity index (χ2n) is 4.64. The topological polar surface area (TPSA) is 79.5 Å². The molecular formula is C15H14ClNO4. The van der Waals surface area contributed by atoms with E-state index in [1.165, 1.54) is 18.2 Å².